The summed E-state index contributed by atoms with van der Waals surface area (Å²) >= 11 is 0. The van der Waals surface area contributed by atoms with Crippen LogP contribution in [-0.4, -0.2) is 21.0 Å². The van der Waals surface area contributed by atoms with Crippen molar-refractivity contribution in [3.05, 3.63) is 48.8 Å². The van der Waals surface area contributed by atoms with Gasteiger partial charge in [-0.15, -0.1) is 0 Å². The second kappa shape index (κ2) is 5.37. The van der Waals surface area contributed by atoms with Gasteiger partial charge >= 0.3 is 0 Å². The van der Waals surface area contributed by atoms with Gasteiger partial charge in [-0.05, 0) is 49.9 Å². The van der Waals surface area contributed by atoms with Crippen LogP contribution in [0.3, 0.4) is 0 Å². The number of fused-ring (bicyclic) bond motifs is 1. The predicted molar refractivity (Wildman–Crippen MR) is 88.6 cm³/mol. The van der Waals surface area contributed by atoms with Crippen molar-refractivity contribution in [1.29, 1.82) is 0 Å². The molecule has 3 aromatic rings. The molecule has 1 atom stereocenters. The van der Waals surface area contributed by atoms with Crippen LogP contribution in [0.2, 0.25) is 0 Å². The Morgan fingerprint density at radius 1 is 1.05 bits per heavy atom. The number of para-hydroxylation sites is 1. The normalized spacial score (nSPS) is 15.7. The van der Waals surface area contributed by atoms with E-state index in [1.54, 1.807) is 12.4 Å². The molecule has 1 aliphatic rings. The molecule has 2 heterocycles. The molecule has 0 aliphatic heterocycles. The Morgan fingerprint density at radius 3 is 2.59 bits per heavy atom. The van der Waals surface area contributed by atoms with E-state index in [-0.39, 0.29) is 0 Å². The van der Waals surface area contributed by atoms with Crippen molar-refractivity contribution in [1.82, 2.24) is 15.0 Å². The Labute approximate surface area is 129 Å². The van der Waals surface area contributed by atoms with E-state index in [4.69, 9.17) is 9.97 Å². The van der Waals surface area contributed by atoms with Crippen LogP contribution in [0.25, 0.3) is 22.3 Å². The lowest BCUT2D eigenvalue weighted by Gasteiger charge is -2.16. The van der Waals surface area contributed by atoms with Crippen molar-refractivity contribution >= 4 is 16.7 Å². The number of hydrogen-bond acceptors (Lipinski definition) is 4. The molecule has 1 aliphatic carbocycles. The van der Waals surface area contributed by atoms with Crippen molar-refractivity contribution in [2.75, 3.05) is 5.32 Å². The molecule has 0 bridgehead atoms. The molecule has 0 spiro atoms. The molecule has 0 saturated heterocycles. The minimum Gasteiger partial charge on any atom is -0.367 e. The van der Waals surface area contributed by atoms with Crippen molar-refractivity contribution in [3.63, 3.8) is 0 Å². The molecule has 1 aromatic carbocycles. The number of pyridine rings is 1. The first kappa shape index (κ1) is 13.2. The molecule has 4 nitrogen and oxygen atoms in total. The quantitative estimate of drug-likeness (QED) is 0.791. The SMILES string of the molecule is C[C@H](Nc1nc(-c2ccncc2)nc2ccccc12)C1CC1. The first-order valence-corrected chi connectivity index (χ1v) is 7.75. The van der Waals surface area contributed by atoms with Gasteiger partial charge < -0.3 is 5.32 Å². The molecule has 4 rings (SSSR count). The first-order chi connectivity index (χ1) is 10.8. The highest BCUT2D eigenvalue weighted by Crippen LogP contribution is 2.35. The van der Waals surface area contributed by atoms with E-state index in [1.165, 1.54) is 12.8 Å². The van der Waals surface area contributed by atoms with Crippen molar-refractivity contribution in [2.24, 2.45) is 5.92 Å². The lowest BCUT2D eigenvalue weighted by Crippen LogP contribution is -2.18. The van der Waals surface area contributed by atoms with E-state index in [9.17, 15) is 0 Å². The van der Waals surface area contributed by atoms with Gasteiger partial charge in [0.2, 0.25) is 0 Å². The summed E-state index contributed by atoms with van der Waals surface area (Å²) in [6.45, 7) is 2.24. The molecule has 0 unspecified atom stereocenters. The monoisotopic (exact) mass is 290 g/mol. The van der Waals surface area contributed by atoms with Crippen LogP contribution < -0.4 is 5.32 Å². The number of nitrogens with zero attached hydrogens (tertiary/aromatic N) is 3. The zero-order chi connectivity index (χ0) is 14.9. The minimum atomic E-state index is 0.448. The van der Waals surface area contributed by atoms with Crippen LogP contribution in [0.1, 0.15) is 19.8 Å². The standard InChI is InChI=1S/C18H18N4/c1-12(13-6-7-13)20-18-15-4-2-3-5-16(15)21-17(22-18)14-8-10-19-11-9-14/h2-5,8-13H,6-7H2,1H3,(H,20,21,22)/t12-/m0/s1. The lowest BCUT2D eigenvalue weighted by molar-refractivity contribution is 0.691. The highest BCUT2D eigenvalue weighted by molar-refractivity contribution is 5.90. The molecule has 0 amide bonds. The van der Waals surface area contributed by atoms with Crippen LogP contribution in [0, 0.1) is 5.92 Å². The van der Waals surface area contributed by atoms with E-state index >= 15 is 0 Å². The maximum Gasteiger partial charge on any atom is 0.162 e. The molecule has 4 heteroatoms. The topological polar surface area (TPSA) is 50.7 Å². The molecule has 2 aromatic heterocycles. The van der Waals surface area contributed by atoms with Crippen LogP contribution in [0.5, 0.6) is 0 Å². The third-order valence-corrected chi connectivity index (χ3v) is 4.24. The van der Waals surface area contributed by atoms with Gasteiger partial charge in [0.05, 0.1) is 5.52 Å². The van der Waals surface area contributed by atoms with Gasteiger partial charge in [-0.2, -0.15) is 0 Å². The van der Waals surface area contributed by atoms with Crippen LogP contribution >= 0.6 is 0 Å². The van der Waals surface area contributed by atoms with E-state index < -0.39 is 0 Å². The molecule has 0 radical (unpaired) electrons. The number of benzene rings is 1. The highest BCUT2D eigenvalue weighted by atomic mass is 15.1. The van der Waals surface area contributed by atoms with Crippen molar-refractivity contribution < 1.29 is 0 Å². The van der Waals surface area contributed by atoms with Gasteiger partial charge in [0.1, 0.15) is 5.82 Å². The highest BCUT2D eigenvalue weighted by Gasteiger charge is 2.28. The summed E-state index contributed by atoms with van der Waals surface area (Å²) in [5.74, 6) is 2.45. The summed E-state index contributed by atoms with van der Waals surface area (Å²) in [7, 11) is 0. The second-order valence-electron chi connectivity index (χ2n) is 5.92. The fourth-order valence-corrected chi connectivity index (χ4v) is 2.75. The Morgan fingerprint density at radius 2 is 1.82 bits per heavy atom. The first-order valence-electron chi connectivity index (χ1n) is 7.75. The number of nitrogens with one attached hydrogen (secondary N) is 1. The Hall–Kier alpha value is -2.49. The van der Waals surface area contributed by atoms with Gasteiger partial charge in [-0.1, -0.05) is 12.1 Å². The number of rotatable bonds is 4. The smallest absolute Gasteiger partial charge is 0.162 e. The fourth-order valence-electron chi connectivity index (χ4n) is 2.75. The Kier molecular flexibility index (Phi) is 3.22. The predicted octanol–water partition coefficient (Wildman–Crippen LogP) is 3.90. The number of anilines is 1. The van der Waals surface area contributed by atoms with Crippen molar-refractivity contribution in [2.45, 2.75) is 25.8 Å². The van der Waals surface area contributed by atoms with Gasteiger partial charge in [0, 0.05) is 29.4 Å². The Balaban J connectivity index is 1.82. The lowest BCUT2D eigenvalue weighted by atomic mass is 10.1. The molecule has 1 N–H and O–H groups in total. The average molecular weight is 290 g/mol. The summed E-state index contributed by atoms with van der Waals surface area (Å²) in [5, 5.41) is 4.67. The maximum absolute atomic E-state index is 4.77. The van der Waals surface area contributed by atoms with E-state index in [2.05, 4.69) is 23.3 Å². The third-order valence-electron chi connectivity index (χ3n) is 4.24. The molecular formula is C18H18N4. The van der Waals surface area contributed by atoms with Gasteiger partial charge in [-0.25, -0.2) is 9.97 Å². The summed E-state index contributed by atoms with van der Waals surface area (Å²) in [4.78, 5) is 13.5. The van der Waals surface area contributed by atoms with Crippen LogP contribution in [0.4, 0.5) is 5.82 Å². The van der Waals surface area contributed by atoms with Gasteiger partial charge in [0.25, 0.3) is 0 Å². The molecule has 1 fully saturated rings. The van der Waals surface area contributed by atoms with Gasteiger partial charge in [0.15, 0.2) is 5.82 Å². The zero-order valence-corrected chi connectivity index (χ0v) is 12.5. The summed E-state index contributed by atoms with van der Waals surface area (Å²) in [6.07, 6.45) is 6.17. The second-order valence-corrected chi connectivity index (χ2v) is 5.92. The fraction of sp³-hybridized carbons (Fsp3) is 0.278. The largest absolute Gasteiger partial charge is 0.367 e. The maximum atomic E-state index is 4.77. The van der Waals surface area contributed by atoms with E-state index in [1.807, 2.05) is 30.3 Å². The van der Waals surface area contributed by atoms with Crippen LogP contribution in [-0.2, 0) is 0 Å². The summed E-state index contributed by atoms with van der Waals surface area (Å²) in [5.41, 5.74) is 1.96. The summed E-state index contributed by atoms with van der Waals surface area (Å²) in [6, 6.07) is 12.5. The van der Waals surface area contributed by atoms with E-state index in [0.717, 1.165) is 34.0 Å². The summed E-state index contributed by atoms with van der Waals surface area (Å²) < 4.78 is 0. The number of hydrogen-bond donors (Lipinski definition) is 1. The molecule has 110 valence electrons. The van der Waals surface area contributed by atoms with Crippen LogP contribution in [0.15, 0.2) is 48.8 Å². The molecular weight excluding hydrogens is 272 g/mol. The molecule has 1 saturated carbocycles. The zero-order valence-electron chi connectivity index (χ0n) is 12.5. The van der Waals surface area contributed by atoms with E-state index in [0.29, 0.717) is 6.04 Å². The third kappa shape index (κ3) is 2.52. The number of aromatic nitrogens is 3. The minimum absolute atomic E-state index is 0.448. The average Bonchev–Trinajstić information content (AvgIpc) is 3.40. The molecule has 22 heavy (non-hydrogen) atoms. The van der Waals surface area contributed by atoms with Crippen molar-refractivity contribution in [3.8, 4) is 11.4 Å². The Bertz CT molecular complexity index is 797. The van der Waals surface area contributed by atoms with Gasteiger partial charge in [-0.3, -0.25) is 4.98 Å².